The van der Waals surface area contributed by atoms with Crippen molar-refractivity contribution >= 4 is 0 Å². The molecule has 0 bridgehead atoms. The van der Waals surface area contributed by atoms with Crippen LogP contribution in [0.15, 0.2) is 0 Å². The Kier molecular flexibility index (Phi) is 6.45. The topological polar surface area (TPSA) is 35.5 Å². The minimum absolute atomic E-state index is 0.0752. The minimum atomic E-state index is -0.0752. The zero-order chi connectivity index (χ0) is 12.7. The van der Waals surface area contributed by atoms with Gasteiger partial charge in [-0.25, -0.2) is 0 Å². The molecule has 0 radical (unpaired) electrons. The summed E-state index contributed by atoms with van der Waals surface area (Å²) in [5.41, 5.74) is -0.0752. The molecule has 1 fully saturated rings. The van der Waals surface area contributed by atoms with Crippen molar-refractivity contribution in [1.82, 2.24) is 10.2 Å². The lowest BCUT2D eigenvalue weighted by Gasteiger charge is -2.29. The number of nitrogens with zero attached hydrogens (tertiary/aromatic N) is 1. The van der Waals surface area contributed by atoms with Crippen molar-refractivity contribution in [3.05, 3.63) is 0 Å². The van der Waals surface area contributed by atoms with E-state index in [1.54, 1.807) is 0 Å². The van der Waals surface area contributed by atoms with E-state index in [2.05, 4.69) is 31.1 Å². The molecular formula is C14H30N2O. The van der Waals surface area contributed by atoms with E-state index >= 15 is 0 Å². The van der Waals surface area contributed by atoms with E-state index in [1.807, 2.05) is 0 Å². The molecule has 1 unspecified atom stereocenters. The van der Waals surface area contributed by atoms with E-state index < -0.39 is 0 Å². The van der Waals surface area contributed by atoms with Crippen molar-refractivity contribution in [2.45, 2.75) is 64.0 Å². The van der Waals surface area contributed by atoms with Crippen LogP contribution in [0.3, 0.4) is 0 Å². The molecule has 0 aromatic heterocycles. The summed E-state index contributed by atoms with van der Waals surface area (Å²) in [6.07, 6.45) is 7.43. The van der Waals surface area contributed by atoms with Gasteiger partial charge >= 0.3 is 0 Å². The van der Waals surface area contributed by atoms with Crippen LogP contribution in [0, 0.1) is 0 Å². The van der Waals surface area contributed by atoms with Gasteiger partial charge in [0.1, 0.15) is 0 Å². The van der Waals surface area contributed by atoms with Gasteiger partial charge in [-0.2, -0.15) is 0 Å². The third-order valence-corrected chi connectivity index (χ3v) is 3.81. The quantitative estimate of drug-likeness (QED) is 0.575. The molecule has 1 aliphatic rings. The van der Waals surface area contributed by atoms with E-state index in [0.29, 0.717) is 0 Å². The smallest absolute Gasteiger partial charge is 0.0610 e. The summed E-state index contributed by atoms with van der Waals surface area (Å²) in [5.74, 6) is 0. The van der Waals surface area contributed by atoms with Crippen LogP contribution in [0.25, 0.3) is 0 Å². The Balaban J connectivity index is 2.09. The highest BCUT2D eigenvalue weighted by Gasteiger charge is 2.26. The highest BCUT2D eigenvalue weighted by atomic mass is 16.3. The first-order valence-corrected chi connectivity index (χ1v) is 7.17. The molecule has 0 aliphatic heterocycles. The SMILES string of the molecule is CCCNC(C)(CO)CCCCN(C)C1CC1. The van der Waals surface area contributed by atoms with Gasteiger partial charge in [0.25, 0.3) is 0 Å². The Hall–Kier alpha value is -0.120. The first-order chi connectivity index (χ1) is 8.11. The molecule has 0 aromatic rings. The van der Waals surface area contributed by atoms with Crippen molar-refractivity contribution < 1.29 is 5.11 Å². The summed E-state index contributed by atoms with van der Waals surface area (Å²) in [4.78, 5) is 2.48. The van der Waals surface area contributed by atoms with Crippen LogP contribution in [0.4, 0.5) is 0 Å². The van der Waals surface area contributed by atoms with Crippen molar-refractivity contribution in [3.63, 3.8) is 0 Å². The van der Waals surface area contributed by atoms with Crippen molar-refractivity contribution in [2.24, 2.45) is 0 Å². The number of aliphatic hydroxyl groups is 1. The summed E-state index contributed by atoms with van der Waals surface area (Å²) < 4.78 is 0. The van der Waals surface area contributed by atoms with Crippen LogP contribution in [-0.4, -0.2) is 48.3 Å². The van der Waals surface area contributed by atoms with E-state index in [9.17, 15) is 5.11 Å². The first-order valence-electron chi connectivity index (χ1n) is 7.17. The van der Waals surface area contributed by atoms with Gasteiger partial charge in [0.15, 0.2) is 0 Å². The van der Waals surface area contributed by atoms with Crippen LogP contribution in [0.2, 0.25) is 0 Å². The zero-order valence-electron chi connectivity index (χ0n) is 11.8. The second kappa shape index (κ2) is 7.34. The fourth-order valence-corrected chi connectivity index (χ4v) is 2.22. The fourth-order valence-electron chi connectivity index (χ4n) is 2.22. The van der Waals surface area contributed by atoms with E-state index in [4.69, 9.17) is 0 Å². The lowest BCUT2D eigenvalue weighted by molar-refractivity contribution is 0.161. The molecule has 0 saturated heterocycles. The molecule has 1 saturated carbocycles. The molecule has 3 nitrogen and oxygen atoms in total. The monoisotopic (exact) mass is 242 g/mol. The molecule has 1 atom stereocenters. The average Bonchev–Trinajstić information content (AvgIpc) is 3.16. The molecule has 0 spiro atoms. The van der Waals surface area contributed by atoms with E-state index in [1.165, 1.54) is 32.2 Å². The first kappa shape index (κ1) is 14.9. The number of rotatable bonds is 10. The normalized spacial score (nSPS) is 19.6. The molecule has 1 rings (SSSR count). The van der Waals surface area contributed by atoms with Gasteiger partial charge in [0.2, 0.25) is 0 Å². The third-order valence-electron chi connectivity index (χ3n) is 3.81. The summed E-state index contributed by atoms with van der Waals surface area (Å²) in [6.45, 7) is 6.74. The van der Waals surface area contributed by atoms with Gasteiger partial charge in [-0.3, -0.25) is 0 Å². The summed E-state index contributed by atoms with van der Waals surface area (Å²) in [5, 5.41) is 12.9. The van der Waals surface area contributed by atoms with Gasteiger partial charge in [0, 0.05) is 11.6 Å². The zero-order valence-corrected chi connectivity index (χ0v) is 11.8. The third kappa shape index (κ3) is 5.84. The van der Waals surface area contributed by atoms with Crippen LogP contribution in [0.5, 0.6) is 0 Å². The van der Waals surface area contributed by atoms with Gasteiger partial charge < -0.3 is 15.3 Å². The van der Waals surface area contributed by atoms with Crippen molar-refractivity contribution in [2.75, 3.05) is 26.7 Å². The predicted molar refractivity (Wildman–Crippen MR) is 73.3 cm³/mol. The molecule has 1 aliphatic carbocycles. The summed E-state index contributed by atoms with van der Waals surface area (Å²) in [6, 6.07) is 0.873. The Bertz CT molecular complexity index is 206. The largest absolute Gasteiger partial charge is 0.394 e. The van der Waals surface area contributed by atoms with Crippen LogP contribution >= 0.6 is 0 Å². The summed E-state index contributed by atoms with van der Waals surface area (Å²) in [7, 11) is 2.23. The highest BCUT2D eigenvalue weighted by Crippen LogP contribution is 2.25. The van der Waals surface area contributed by atoms with Crippen LogP contribution in [-0.2, 0) is 0 Å². The average molecular weight is 242 g/mol. The van der Waals surface area contributed by atoms with Gasteiger partial charge in [0.05, 0.1) is 6.61 Å². The van der Waals surface area contributed by atoms with E-state index in [-0.39, 0.29) is 12.1 Å². The van der Waals surface area contributed by atoms with Crippen LogP contribution < -0.4 is 5.32 Å². The Morgan fingerprint density at radius 2 is 2.06 bits per heavy atom. The van der Waals surface area contributed by atoms with Gasteiger partial charge in [-0.15, -0.1) is 0 Å². The molecule has 0 heterocycles. The highest BCUT2D eigenvalue weighted by molar-refractivity contribution is 4.84. The minimum Gasteiger partial charge on any atom is -0.394 e. The number of unbranched alkanes of at least 4 members (excludes halogenated alkanes) is 1. The molecule has 3 heteroatoms. The van der Waals surface area contributed by atoms with Gasteiger partial charge in [-0.1, -0.05) is 13.3 Å². The van der Waals surface area contributed by atoms with Crippen molar-refractivity contribution in [1.29, 1.82) is 0 Å². The molecule has 17 heavy (non-hydrogen) atoms. The Morgan fingerprint density at radius 1 is 1.35 bits per heavy atom. The van der Waals surface area contributed by atoms with Gasteiger partial charge in [-0.05, 0) is 59.2 Å². The molecule has 102 valence electrons. The van der Waals surface area contributed by atoms with E-state index in [0.717, 1.165) is 25.4 Å². The number of nitrogens with one attached hydrogen (secondary N) is 1. The fraction of sp³-hybridized carbons (Fsp3) is 1.00. The lowest BCUT2D eigenvalue weighted by atomic mass is 9.95. The van der Waals surface area contributed by atoms with Crippen LogP contribution in [0.1, 0.15) is 52.4 Å². The second-order valence-electron chi connectivity index (χ2n) is 5.81. The van der Waals surface area contributed by atoms with Crippen molar-refractivity contribution in [3.8, 4) is 0 Å². The molecule has 2 N–H and O–H groups in total. The maximum Gasteiger partial charge on any atom is 0.0610 e. The summed E-state index contributed by atoms with van der Waals surface area (Å²) >= 11 is 0. The maximum atomic E-state index is 9.45. The molecular weight excluding hydrogens is 212 g/mol. The molecule has 0 aromatic carbocycles. The number of hydrogen-bond donors (Lipinski definition) is 2. The number of aliphatic hydroxyl groups excluding tert-OH is 1. The standard InChI is InChI=1S/C14H30N2O/c1-4-10-15-14(2,12-17)9-5-6-11-16(3)13-7-8-13/h13,15,17H,4-12H2,1-3H3. The number of hydrogen-bond acceptors (Lipinski definition) is 3. The predicted octanol–water partition coefficient (Wildman–Crippen LogP) is 2.00. The second-order valence-corrected chi connectivity index (χ2v) is 5.81. The Labute approximate surface area is 107 Å². The lowest BCUT2D eigenvalue weighted by Crippen LogP contribution is -2.46. The molecule has 0 amide bonds. The maximum absolute atomic E-state index is 9.45. The Morgan fingerprint density at radius 3 is 2.59 bits per heavy atom.